The van der Waals surface area contributed by atoms with E-state index in [1.54, 1.807) is 12.1 Å². The van der Waals surface area contributed by atoms with Gasteiger partial charge in [-0.3, -0.25) is 4.79 Å². The molecule has 0 aromatic heterocycles. The molecule has 2 aromatic carbocycles. The fraction of sp³-hybridized carbons (Fsp3) is 0.118. The van der Waals surface area contributed by atoms with E-state index < -0.39 is 5.97 Å². The van der Waals surface area contributed by atoms with Gasteiger partial charge in [-0.2, -0.15) is 5.10 Å². The lowest BCUT2D eigenvalue weighted by Crippen LogP contribution is -2.19. The minimum absolute atomic E-state index is 0.189. The summed E-state index contributed by atoms with van der Waals surface area (Å²) in [5.74, 6) is -0.134. The number of carbonyl (C=O) groups is 2. The third-order valence-corrected chi connectivity index (χ3v) is 4.76. The minimum Gasteiger partial charge on any atom is -0.478 e. The van der Waals surface area contributed by atoms with E-state index in [2.05, 4.69) is 26.5 Å². The molecule has 7 heteroatoms. The van der Waals surface area contributed by atoms with Crippen molar-refractivity contribution in [3.63, 3.8) is 0 Å². The molecule has 0 unspecified atom stereocenters. The van der Waals surface area contributed by atoms with Crippen molar-refractivity contribution in [3.05, 3.63) is 69.7 Å². The standard InChI is InChI=1S/C17H15BrN2O3S/c18-15-4-2-1-3-14(15)10-24-11-16(21)20-19-9-12-5-7-13(8-6-12)17(22)23/h1-9H,10-11H2,(H,20,21)(H,22,23)/b19-9-. The Kier molecular flexibility index (Phi) is 7.02. The molecule has 0 spiro atoms. The highest BCUT2D eigenvalue weighted by molar-refractivity contribution is 9.10. The second-order valence-corrected chi connectivity index (χ2v) is 6.64. The number of thioether (sulfide) groups is 1. The van der Waals surface area contributed by atoms with Crippen LogP contribution in [-0.2, 0) is 10.5 Å². The Balaban J connectivity index is 1.74. The van der Waals surface area contributed by atoms with E-state index in [0.717, 1.165) is 15.8 Å². The summed E-state index contributed by atoms with van der Waals surface area (Å²) in [6.07, 6.45) is 1.47. The van der Waals surface area contributed by atoms with E-state index in [4.69, 9.17) is 5.11 Å². The monoisotopic (exact) mass is 406 g/mol. The van der Waals surface area contributed by atoms with Gasteiger partial charge >= 0.3 is 5.97 Å². The van der Waals surface area contributed by atoms with Crippen LogP contribution in [0, 0.1) is 0 Å². The molecular formula is C17H15BrN2O3S. The number of aromatic carboxylic acids is 1. The second kappa shape index (κ2) is 9.24. The zero-order chi connectivity index (χ0) is 17.4. The fourth-order valence-corrected chi connectivity index (χ4v) is 3.23. The Morgan fingerprint density at radius 1 is 1.17 bits per heavy atom. The van der Waals surface area contributed by atoms with Crippen LogP contribution in [0.1, 0.15) is 21.5 Å². The number of amides is 1. The number of nitrogens with one attached hydrogen (secondary N) is 1. The van der Waals surface area contributed by atoms with Gasteiger partial charge < -0.3 is 5.11 Å². The van der Waals surface area contributed by atoms with Crippen LogP contribution < -0.4 is 5.43 Å². The summed E-state index contributed by atoms with van der Waals surface area (Å²) in [6, 6.07) is 14.1. The first-order valence-corrected chi connectivity index (χ1v) is 8.97. The number of hydrogen-bond donors (Lipinski definition) is 2. The van der Waals surface area contributed by atoms with Crippen molar-refractivity contribution in [2.24, 2.45) is 5.10 Å². The molecular weight excluding hydrogens is 392 g/mol. The van der Waals surface area contributed by atoms with Crippen molar-refractivity contribution in [3.8, 4) is 0 Å². The van der Waals surface area contributed by atoms with Crippen molar-refractivity contribution in [2.45, 2.75) is 5.75 Å². The lowest BCUT2D eigenvalue weighted by molar-refractivity contribution is -0.118. The summed E-state index contributed by atoms with van der Waals surface area (Å²) in [5, 5.41) is 12.7. The number of hydrogen-bond acceptors (Lipinski definition) is 4. The van der Waals surface area contributed by atoms with Gasteiger partial charge in [0.15, 0.2) is 0 Å². The average molecular weight is 407 g/mol. The van der Waals surface area contributed by atoms with Crippen molar-refractivity contribution in [1.82, 2.24) is 5.43 Å². The summed E-state index contributed by atoms with van der Waals surface area (Å²) in [6.45, 7) is 0. The zero-order valence-electron chi connectivity index (χ0n) is 12.6. The quantitative estimate of drug-likeness (QED) is 0.544. The molecule has 124 valence electrons. The molecule has 0 aliphatic heterocycles. The minimum atomic E-state index is -0.978. The molecule has 0 saturated carbocycles. The van der Waals surface area contributed by atoms with Crippen LogP contribution in [0.5, 0.6) is 0 Å². The van der Waals surface area contributed by atoms with Crippen LogP contribution in [0.3, 0.4) is 0 Å². The van der Waals surface area contributed by atoms with E-state index in [1.165, 1.54) is 30.1 Å². The highest BCUT2D eigenvalue weighted by atomic mass is 79.9. The third kappa shape index (κ3) is 5.82. The Labute approximate surface area is 152 Å². The van der Waals surface area contributed by atoms with Crippen LogP contribution in [-0.4, -0.2) is 29.0 Å². The Bertz CT molecular complexity index is 748. The number of carboxylic acids is 1. The van der Waals surface area contributed by atoms with Crippen molar-refractivity contribution in [2.75, 3.05) is 5.75 Å². The second-order valence-electron chi connectivity index (χ2n) is 4.80. The maximum atomic E-state index is 11.7. The summed E-state index contributed by atoms with van der Waals surface area (Å²) >= 11 is 4.97. The molecule has 0 atom stereocenters. The first kappa shape index (κ1) is 18.2. The molecule has 0 bridgehead atoms. The van der Waals surface area contributed by atoms with Crippen molar-refractivity contribution in [1.29, 1.82) is 0 Å². The third-order valence-electron chi connectivity index (χ3n) is 3.01. The first-order chi connectivity index (χ1) is 11.6. The first-order valence-electron chi connectivity index (χ1n) is 7.02. The fourth-order valence-electron chi connectivity index (χ4n) is 1.79. The molecule has 2 N–H and O–H groups in total. The largest absolute Gasteiger partial charge is 0.478 e. The highest BCUT2D eigenvalue weighted by Crippen LogP contribution is 2.20. The van der Waals surface area contributed by atoms with Crippen LogP contribution in [0.2, 0.25) is 0 Å². The van der Waals surface area contributed by atoms with Gasteiger partial charge in [-0.1, -0.05) is 46.3 Å². The molecule has 0 radical (unpaired) electrons. The van der Waals surface area contributed by atoms with E-state index in [9.17, 15) is 9.59 Å². The van der Waals surface area contributed by atoms with Gasteiger partial charge in [0.25, 0.3) is 0 Å². The van der Waals surface area contributed by atoms with Gasteiger partial charge in [0.05, 0.1) is 17.5 Å². The van der Waals surface area contributed by atoms with Gasteiger partial charge in [0.1, 0.15) is 0 Å². The van der Waals surface area contributed by atoms with Gasteiger partial charge in [-0.05, 0) is 29.3 Å². The lowest BCUT2D eigenvalue weighted by Gasteiger charge is -2.03. The summed E-state index contributed by atoms with van der Waals surface area (Å²) in [5.41, 5.74) is 4.50. The predicted octanol–water partition coefficient (Wildman–Crippen LogP) is 3.53. The number of carboxylic acid groups (broad SMARTS) is 1. The van der Waals surface area contributed by atoms with E-state index in [1.807, 2.05) is 24.3 Å². The topological polar surface area (TPSA) is 78.8 Å². The van der Waals surface area contributed by atoms with Crippen LogP contribution in [0.4, 0.5) is 0 Å². The Hall–Kier alpha value is -2.12. The van der Waals surface area contributed by atoms with E-state index >= 15 is 0 Å². The van der Waals surface area contributed by atoms with Gasteiger partial charge in [0.2, 0.25) is 5.91 Å². The molecule has 0 aliphatic carbocycles. The van der Waals surface area contributed by atoms with Gasteiger partial charge in [-0.15, -0.1) is 11.8 Å². The number of carbonyl (C=O) groups excluding carboxylic acids is 1. The van der Waals surface area contributed by atoms with Crippen molar-refractivity contribution < 1.29 is 14.7 Å². The number of rotatable bonds is 7. The number of halogens is 1. The molecule has 5 nitrogen and oxygen atoms in total. The van der Waals surface area contributed by atoms with Gasteiger partial charge in [-0.25, -0.2) is 10.2 Å². The molecule has 0 heterocycles. The Morgan fingerprint density at radius 3 is 2.54 bits per heavy atom. The van der Waals surface area contributed by atoms with Crippen LogP contribution >= 0.6 is 27.7 Å². The molecule has 2 aromatic rings. The SMILES string of the molecule is O=C(CSCc1ccccc1Br)N/N=C\c1ccc(C(=O)O)cc1. The highest BCUT2D eigenvalue weighted by Gasteiger charge is 2.03. The van der Waals surface area contributed by atoms with E-state index in [0.29, 0.717) is 11.3 Å². The number of nitrogens with zero attached hydrogens (tertiary/aromatic N) is 1. The van der Waals surface area contributed by atoms with Crippen LogP contribution in [0.15, 0.2) is 58.1 Å². The van der Waals surface area contributed by atoms with E-state index in [-0.39, 0.29) is 11.5 Å². The summed E-state index contributed by atoms with van der Waals surface area (Å²) < 4.78 is 1.03. The molecule has 0 fully saturated rings. The summed E-state index contributed by atoms with van der Waals surface area (Å²) in [7, 11) is 0. The lowest BCUT2D eigenvalue weighted by atomic mass is 10.1. The van der Waals surface area contributed by atoms with Crippen LogP contribution in [0.25, 0.3) is 0 Å². The smallest absolute Gasteiger partial charge is 0.335 e. The molecule has 1 amide bonds. The predicted molar refractivity (Wildman–Crippen MR) is 99.4 cm³/mol. The number of benzene rings is 2. The van der Waals surface area contributed by atoms with Gasteiger partial charge in [0, 0.05) is 10.2 Å². The maximum absolute atomic E-state index is 11.7. The Morgan fingerprint density at radius 2 is 1.88 bits per heavy atom. The number of hydrazone groups is 1. The molecule has 24 heavy (non-hydrogen) atoms. The molecule has 0 aliphatic rings. The normalized spacial score (nSPS) is 10.7. The molecule has 2 rings (SSSR count). The average Bonchev–Trinajstić information content (AvgIpc) is 2.57. The summed E-state index contributed by atoms with van der Waals surface area (Å²) in [4.78, 5) is 22.5. The zero-order valence-corrected chi connectivity index (χ0v) is 15.0. The molecule has 0 saturated heterocycles. The van der Waals surface area contributed by atoms with Crippen molar-refractivity contribution >= 4 is 45.8 Å². The maximum Gasteiger partial charge on any atom is 0.335 e.